The Bertz CT molecular complexity index is 292. The van der Waals surface area contributed by atoms with Crippen LogP contribution in [0, 0.1) is 6.92 Å². The number of benzene rings is 1. The van der Waals surface area contributed by atoms with Gasteiger partial charge in [0.2, 0.25) is 0 Å². The molecular formula is C15H26N2. The van der Waals surface area contributed by atoms with Gasteiger partial charge in [0, 0.05) is 6.04 Å². The molecule has 0 aliphatic heterocycles. The van der Waals surface area contributed by atoms with E-state index in [1.54, 1.807) is 0 Å². The molecule has 0 heterocycles. The van der Waals surface area contributed by atoms with Crippen LogP contribution in [-0.4, -0.2) is 0 Å². The van der Waals surface area contributed by atoms with Gasteiger partial charge in [0.1, 0.15) is 0 Å². The lowest BCUT2D eigenvalue weighted by Crippen LogP contribution is -2.27. The Hall–Kier alpha value is -0.860. The molecule has 1 aromatic carbocycles. The quantitative estimate of drug-likeness (QED) is 0.407. The highest BCUT2D eigenvalue weighted by Gasteiger charge is 2.08. The molecule has 3 N–H and O–H groups in total. The monoisotopic (exact) mass is 234 g/mol. The minimum atomic E-state index is 0.303. The van der Waals surface area contributed by atoms with E-state index in [-0.39, 0.29) is 0 Å². The van der Waals surface area contributed by atoms with Gasteiger partial charge in [-0.3, -0.25) is 11.3 Å². The fourth-order valence-electron chi connectivity index (χ4n) is 2.10. The fourth-order valence-corrected chi connectivity index (χ4v) is 2.10. The summed E-state index contributed by atoms with van der Waals surface area (Å²) in [5.74, 6) is 5.63. The van der Waals surface area contributed by atoms with Crippen molar-refractivity contribution in [3.63, 3.8) is 0 Å². The average molecular weight is 234 g/mol. The Kier molecular flexibility index (Phi) is 6.90. The van der Waals surface area contributed by atoms with Crippen LogP contribution in [-0.2, 0) is 0 Å². The summed E-state index contributed by atoms with van der Waals surface area (Å²) >= 11 is 0. The van der Waals surface area contributed by atoms with Crippen LogP contribution >= 0.6 is 0 Å². The summed E-state index contributed by atoms with van der Waals surface area (Å²) in [6.45, 7) is 4.36. The molecule has 2 heteroatoms. The van der Waals surface area contributed by atoms with Crippen LogP contribution in [0.3, 0.4) is 0 Å². The minimum absolute atomic E-state index is 0.303. The normalized spacial score (nSPS) is 12.6. The molecule has 1 unspecified atom stereocenters. The van der Waals surface area contributed by atoms with Crippen LogP contribution in [0.5, 0.6) is 0 Å². The van der Waals surface area contributed by atoms with Gasteiger partial charge in [0.05, 0.1) is 0 Å². The molecule has 96 valence electrons. The number of hydrazine groups is 1. The van der Waals surface area contributed by atoms with Crippen molar-refractivity contribution in [1.29, 1.82) is 0 Å². The Morgan fingerprint density at radius 1 is 1.06 bits per heavy atom. The molecule has 0 radical (unpaired) electrons. The maximum Gasteiger partial charge on any atom is 0.0460 e. The zero-order valence-electron chi connectivity index (χ0n) is 11.2. The molecule has 0 aromatic heterocycles. The van der Waals surface area contributed by atoms with E-state index in [2.05, 4.69) is 43.5 Å². The van der Waals surface area contributed by atoms with Crippen molar-refractivity contribution in [3.8, 4) is 0 Å². The van der Waals surface area contributed by atoms with E-state index in [0.717, 1.165) is 6.42 Å². The number of hydrogen-bond acceptors (Lipinski definition) is 2. The van der Waals surface area contributed by atoms with Crippen molar-refractivity contribution in [2.45, 2.75) is 58.4 Å². The van der Waals surface area contributed by atoms with E-state index in [0.29, 0.717) is 6.04 Å². The van der Waals surface area contributed by atoms with Crippen molar-refractivity contribution in [2.75, 3.05) is 0 Å². The van der Waals surface area contributed by atoms with Crippen LogP contribution in [0.15, 0.2) is 24.3 Å². The average Bonchev–Trinajstić information content (AvgIpc) is 2.35. The number of hydrogen-bond donors (Lipinski definition) is 2. The molecule has 17 heavy (non-hydrogen) atoms. The van der Waals surface area contributed by atoms with E-state index in [4.69, 9.17) is 5.84 Å². The topological polar surface area (TPSA) is 38.0 Å². The summed E-state index contributed by atoms with van der Waals surface area (Å²) in [5.41, 5.74) is 5.53. The maximum absolute atomic E-state index is 5.63. The smallest absolute Gasteiger partial charge is 0.0460 e. The van der Waals surface area contributed by atoms with Crippen molar-refractivity contribution >= 4 is 0 Å². The first-order valence-corrected chi connectivity index (χ1v) is 6.80. The highest BCUT2D eigenvalue weighted by Crippen LogP contribution is 2.19. The van der Waals surface area contributed by atoms with Gasteiger partial charge in [-0.15, -0.1) is 0 Å². The molecule has 0 spiro atoms. The van der Waals surface area contributed by atoms with Gasteiger partial charge in [-0.05, 0) is 18.9 Å². The summed E-state index contributed by atoms with van der Waals surface area (Å²) in [4.78, 5) is 0. The second-order valence-corrected chi connectivity index (χ2v) is 4.83. The Morgan fingerprint density at radius 3 is 2.29 bits per heavy atom. The number of rotatable bonds is 8. The van der Waals surface area contributed by atoms with Gasteiger partial charge < -0.3 is 0 Å². The number of nitrogens with two attached hydrogens (primary N) is 1. The van der Waals surface area contributed by atoms with Crippen LogP contribution in [0.4, 0.5) is 0 Å². The van der Waals surface area contributed by atoms with Crippen LogP contribution in [0.1, 0.15) is 62.6 Å². The molecular weight excluding hydrogens is 208 g/mol. The molecule has 1 aromatic rings. The lowest BCUT2D eigenvalue weighted by atomic mass is 9.99. The minimum Gasteiger partial charge on any atom is -0.271 e. The predicted octanol–water partition coefficient (Wildman–Crippen LogP) is 3.86. The van der Waals surface area contributed by atoms with Crippen molar-refractivity contribution in [2.24, 2.45) is 5.84 Å². The van der Waals surface area contributed by atoms with Crippen LogP contribution in [0.2, 0.25) is 0 Å². The largest absolute Gasteiger partial charge is 0.271 e. The Labute approximate surface area is 106 Å². The van der Waals surface area contributed by atoms with Crippen LogP contribution in [0.25, 0.3) is 0 Å². The molecule has 1 atom stereocenters. The third-order valence-corrected chi connectivity index (χ3v) is 3.28. The first-order chi connectivity index (χ1) is 8.27. The molecule has 2 nitrogen and oxygen atoms in total. The lowest BCUT2D eigenvalue weighted by molar-refractivity contribution is 0.479. The highest BCUT2D eigenvalue weighted by molar-refractivity contribution is 5.23. The van der Waals surface area contributed by atoms with Gasteiger partial charge in [-0.25, -0.2) is 0 Å². The van der Waals surface area contributed by atoms with Crippen molar-refractivity contribution in [3.05, 3.63) is 35.4 Å². The van der Waals surface area contributed by atoms with E-state index in [1.807, 2.05) is 0 Å². The second kappa shape index (κ2) is 8.26. The summed E-state index contributed by atoms with van der Waals surface area (Å²) in [7, 11) is 0. The zero-order chi connectivity index (χ0) is 12.5. The van der Waals surface area contributed by atoms with E-state index < -0.39 is 0 Å². The summed E-state index contributed by atoms with van der Waals surface area (Å²) in [6, 6.07) is 8.95. The van der Waals surface area contributed by atoms with Gasteiger partial charge in [-0.2, -0.15) is 0 Å². The third-order valence-electron chi connectivity index (χ3n) is 3.28. The molecule has 0 saturated carbocycles. The molecule has 0 fully saturated rings. The van der Waals surface area contributed by atoms with Gasteiger partial charge in [0.25, 0.3) is 0 Å². The van der Waals surface area contributed by atoms with Gasteiger partial charge in [0.15, 0.2) is 0 Å². The first-order valence-electron chi connectivity index (χ1n) is 6.80. The van der Waals surface area contributed by atoms with Crippen molar-refractivity contribution < 1.29 is 0 Å². The second-order valence-electron chi connectivity index (χ2n) is 4.83. The predicted molar refractivity (Wildman–Crippen MR) is 74.6 cm³/mol. The number of nitrogens with one attached hydrogen (secondary N) is 1. The summed E-state index contributed by atoms with van der Waals surface area (Å²) < 4.78 is 0. The fraction of sp³-hybridized carbons (Fsp3) is 0.600. The summed E-state index contributed by atoms with van der Waals surface area (Å²) in [5, 5.41) is 0. The van der Waals surface area contributed by atoms with Crippen molar-refractivity contribution in [1.82, 2.24) is 5.43 Å². The maximum atomic E-state index is 5.63. The molecule has 1 rings (SSSR count). The first kappa shape index (κ1) is 14.2. The van der Waals surface area contributed by atoms with E-state index in [9.17, 15) is 0 Å². The molecule has 0 aliphatic rings. The Balaban J connectivity index is 2.35. The van der Waals surface area contributed by atoms with E-state index >= 15 is 0 Å². The molecule has 0 bridgehead atoms. The number of aryl methyl sites for hydroxylation is 1. The van der Waals surface area contributed by atoms with Crippen LogP contribution < -0.4 is 11.3 Å². The molecule has 0 aliphatic carbocycles. The van der Waals surface area contributed by atoms with Gasteiger partial charge in [-0.1, -0.05) is 68.9 Å². The third kappa shape index (κ3) is 5.33. The number of unbranched alkanes of at least 4 members (excludes halogenated alkanes) is 4. The lowest BCUT2D eigenvalue weighted by Gasteiger charge is -2.16. The standard InChI is InChI=1S/C15H26N2/c1-3-4-5-6-7-8-15(17-16)14-11-9-13(2)10-12-14/h9-12,15,17H,3-8,16H2,1-2H3. The SMILES string of the molecule is CCCCCCCC(NN)c1ccc(C)cc1. The molecule has 0 saturated heterocycles. The van der Waals surface area contributed by atoms with E-state index in [1.165, 1.54) is 43.2 Å². The highest BCUT2D eigenvalue weighted by atomic mass is 15.2. The summed E-state index contributed by atoms with van der Waals surface area (Å²) in [6.07, 6.45) is 7.70. The Morgan fingerprint density at radius 2 is 1.71 bits per heavy atom. The molecule has 0 amide bonds. The van der Waals surface area contributed by atoms with Gasteiger partial charge >= 0.3 is 0 Å². The zero-order valence-corrected chi connectivity index (χ0v) is 11.2.